The van der Waals surface area contributed by atoms with Gasteiger partial charge in [-0.15, -0.1) is 6.42 Å². The monoisotopic (exact) mass is 238 g/mol. The number of hydrogen-bond donors (Lipinski definition) is 0. The summed E-state index contributed by atoms with van der Waals surface area (Å²) in [4.78, 5) is 8.96. The topological polar surface area (TPSA) is 25.8 Å². The standard InChI is InChI=1S/C16H18N2/c1-6-16(4,5)15-17-10-13-9-12(11(2)3)7-8-14(13)18-15/h1,7-11H,2-5H3. The summed E-state index contributed by atoms with van der Waals surface area (Å²) < 4.78 is 0. The fourth-order valence-electron chi connectivity index (χ4n) is 1.78. The van der Waals surface area contributed by atoms with Crippen molar-refractivity contribution in [1.29, 1.82) is 0 Å². The molecule has 0 aliphatic carbocycles. The fraction of sp³-hybridized carbons (Fsp3) is 0.375. The zero-order chi connectivity index (χ0) is 13.3. The maximum Gasteiger partial charge on any atom is 0.146 e. The molecule has 2 nitrogen and oxygen atoms in total. The summed E-state index contributed by atoms with van der Waals surface area (Å²) >= 11 is 0. The Morgan fingerprint density at radius 1 is 1.28 bits per heavy atom. The number of rotatable bonds is 2. The number of terminal acetylenes is 1. The summed E-state index contributed by atoms with van der Waals surface area (Å²) in [6, 6.07) is 6.31. The Hall–Kier alpha value is -1.88. The van der Waals surface area contributed by atoms with Crippen LogP contribution in [0.2, 0.25) is 0 Å². The molecule has 0 radical (unpaired) electrons. The van der Waals surface area contributed by atoms with Gasteiger partial charge in [0.1, 0.15) is 5.82 Å². The second-order valence-corrected chi connectivity index (χ2v) is 5.44. The van der Waals surface area contributed by atoms with E-state index in [1.54, 1.807) is 0 Å². The van der Waals surface area contributed by atoms with Crippen LogP contribution < -0.4 is 0 Å². The fourth-order valence-corrected chi connectivity index (χ4v) is 1.78. The highest BCUT2D eigenvalue weighted by Gasteiger charge is 2.20. The Morgan fingerprint density at radius 2 is 2.00 bits per heavy atom. The van der Waals surface area contributed by atoms with Crippen LogP contribution in [0.5, 0.6) is 0 Å². The second-order valence-electron chi connectivity index (χ2n) is 5.44. The highest BCUT2D eigenvalue weighted by molar-refractivity contribution is 5.78. The molecule has 92 valence electrons. The molecule has 2 aromatic rings. The van der Waals surface area contributed by atoms with Gasteiger partial charge in [-0.25, -0.2) is 9.97 Å². The lowest BCUT2D eigenvalue weighted by Gasteiger charge is -2.16. The average molecular weight is 238 g/mol. The first kappa shape index (κ1) is 12.6. The molecule has 2 heteroatoms. The van der Waals surface area contributed by atoms with Gasteiger partial charge in [0, 0.05) is 11.6 Å². The first-order valence-electron chi connectivity index (χ1n) is 6.19. The molecule has 0 aliphatic rings. The minimum Gasteiger partial charge on any atom is -0.239 e. The summed E-state index contributed by atoms with van der Waals surface area (Å²) in [5.41, 5.74) is 1.83. The molecule has 0 unspecified atom stereocenters. The van der Waals surface area contributed by atoms with Crippen molar-refractivity contribution in [1.82, 2.24) is 9.97 Å². The molecule has 0 saturated heterocycles. The maximum atomic E-state index is 5.52. The SMILES string of the molecule is C#CC(C)(C)c1ncc2cc(C(C)C)ccc2n1. The summed E-state index contributed by atoms with van der Waals surface area (Å²) in [7, 11) is 0. The molecule has 0 atom stereocenters. The molecule has 0 bridgehead atoms. The van der Waals surface area contributed by atoms with Gasteiger partial charge in [0.05, 0.1) is 10.9 Å². The summed E-state index contributed by atoms with van der Waals surface area (Å²) in [5, 5.41) is 1.07. The van der Waals surface area contributed by atoms with E-state index in [4.69, 9.17) is 6.42 Å². The minimum atomic E-state index is -0.426. The van der Waals surface area contributed by atoms with Crippen molar-refractivity contribution in [3.8, 4) is 12.3 Å². The van der Waals surface area contributed by atoms with Crippen LogP contribution in [0.25, 0.3) is 10.9 Å². The van der Waals surface area contributed by atoms with Crippen LogP contribution in [0.3, 0.4) is 0 Å². The van der Waals surface area contributed by atoms with E-state index < -0.39 is 5.41 Å². The second kappa shape index (κ2) is 4.42. The highest BCUT2D eigenvalue weighted by Crippen LogP contribution is 2.23. The van der Waals surface area contributed by atoms with Gasteiger partial charge in [-0.1, -0.05) is 25.8 Å². The maximum absolute atomic E-state index is 5.52. The minimum absolute atomic E-state index is 0.426. The predicted octanol–water partition coefficient (Wildman–Crippen LogP) is 3.66. The molecular weight excluding hydrogens is 220 g/mol. The van der Waals surface area contributed by atoms with Crippen LogP contribution in [-0.2, 0) is 5.41 Å². The molecule has 1 heterocycles. The summed E-state index contributed by atoms with van der Waals surface area (Å²) in [5.74, 6) is 3.94. The number of hydrogen-bond acceptors (Lipinski definition) is 2. The van der Waals surface area contributed by atoms with Crippen LogP contribution in [0.15, 0.2) is 24.4 Å². The Kier molecular flexibility index (Phi) is 3.09. The van der Waals surface area contributed by atoms with Gasteiger partial charge in [-0.2, -0.15) is 0 Å². The van der Waals surface area contributed by atoms with E-state index in [9.17, 15) is 0 Å². The van der Waals surface area contributed by atoms with Crippen molar-refractivity contribution < 1.29 is 0 Å². The first-order valence-corrected chi connectivity index (χ1v) is 6.19. The van der Waals surface area contributed by atoms with Gasteiger partial charge in [-0.05, 0) is 37.5 Å². The smallest absolute Gasteiger partial charge is 0.146 e. The molecule has 0 fully saturated rings. The van der Waals surface area contributed by atoms with Crippen molar-refractivity contribution in [2.24, 2.45) is 0 Å². The quantitative estimate of drug-likeness (QED) is 0.746. The third-order valence-electron chi connectivity index (χ3n) is 3.19. The van der Waals surface area contributed by atoms with Gasteiger partial charge in [0.2, 0.25) is 0 Å². The van der Waals surface area contributed by atoms with E-state index in [0.717, 1.165) is 10.9 Å². The van der Waals surface area contributed by atoms with Crippen LogP contribution in [-0.4, -0.2) is 9.97 Å². The first-order chi connectivity index (χ1) is 8.44. The van der Waals surface area contributed by atoms with Crippen LogP contribution >= 0.6 is 0 Å². The zero-order valence-electron chi connectivity index (χ0n) is 11.4. The van der Waals surface area contributed by atoms with Crippen molar-refractivity contribution in [3.63, 3.8) is 0 Å². The third-order valence-corrected chi connectivity index (χ3v) is 3.19. The molecule has 0 saturated carbocycles. The van der Waals surface area contributed by atoms with Crippen molar-refractivity contribution in [3.05, 3.63) is 35.8 Å². The zero-order valence-corrected chi connectivity index (χ0v) is 11.4. The lowest BCUT2D eigenvalue weighted by atomic mass is 9.93. The molecule has 1 aromatic carbocycles. The Labute approximate surface area is 108 Å². The van der Waals surface area contributed by atoms with Crippen LogP contribution in [0.1, 0.15) is 45.0 Å². The average Bonchev–Trinajstić information content (AvgIpc) is 2.37. The largest absolute Gasteiger partial charge is 0.239 e. The summed E-state index contributed by atoms with van der Waals surface area (Å²) in [6.07, 6.45) is 7.38. The molecule has 2 rings (SSSR count). The van der Waals surface area contributed by atoms with E-state index >= 15 is 0 Å². The molecule has 0 amide bonds. The van der Waals surface area contributed by atoms with Crippen LogP contribution in [0, 0.1) is 12.3 Å². The van der Waals surface area contributed by atoms with Gasteiger partial charge < -0.3 is 0 Å². The van der Waals surface area contributed by atoms with E-state index in [0.29, 0.717) is 11.7 Å². The number of nitrogens with zero attached hydrogens (tertiary/aromatic N) is 2. The van der Waals surface area contributed by atoms with Crippen molar-refractivity contribution >= 4 is 10.9 Å². The normalized spacial score (nSPS) is 11.8. The van der Waals surface area contributed by atoms with E-state index in [1.807, 2.05) is 26.1 Å². The lowest BCUT2D eigenvalue weighted by molar-refractivity contribution is 0.643. The summed E-state index contributed by atoms with van der Waals surface area (Å²) in [6.45, 7) is 8.27. The molecule has 0 N–H and O–H groups in total. The Bertz CT molecular complexity index is 619. The van der Waals surface area contributed by atoms with E-state index in [1.165, 1.54) is 5.56 Å². The van der Waals surface area contributed by atoms with Gasteiger partial charge >= 0.3 is 0 Å². The van der Waals surface area contributed by atoms with Gasteiger partial charge in [-0.3, -0.25) is 0 Å². The van der Waals surface area contributed by atoms with Crippen LogP contribution in [0.4, 0.5) is 0 Å². The molecular formula is C16H18N2. The Balaban J connectivity index is 2.55. The number of aromatic nitrogens is 2. The predicted molar refractivity (Wildman–Crippen MR) is 75.5 cm³/mol. The number of benzene rings is 1. The van der Waals surface area contributed by atoms with Crippen molar-refractivity contribution in [2.75, 3.05) is 0 Å². The van der Waals surface area contributed by atoms with Crippen molar-refractivity contribution in [2.45, 2.75) is 39.0 Å². The van der Waals surface area contributed by atoms with E-state index in [2.05, 4.69) is 41.9 Å². The number of fused-ring (bicyclic) bond motifs is 1. The van der Waals surface area contributed by atoms with E-state index in [-0.39, 0.29) is 0 Å². The Morgan fingerprint density at radius 3 is 2.61 bits per heavy atom. The molecule has 0 aliphatic heterocycles. The van der Waals surface area contributed by atoms with Gasteiger partial charge in [0.15, 0.2) is 0 Å². The molecule has 1 aromatic heterocycles. The van der Waals surface area contributed by atoms with Gasteiger partial charge in [0.25, 0.3) is 0 Å². The molecule has 18 heavy (non-hydrogen) atoms. The lowest BCUT2D eigenvalue weighted by Crippen LogP contribution is -2.18. The highest BCUT2D eigenvalue weighted by atomic mass is 14.9. The third kappa shape index (κ3) is 2.22. The molecule has 0 spiro atoms.